The van der Waals surface area contributed by atoms with E-state index in [2.05, 4.69) is 46.2 Å². The number of hydrogen-bond donors (Lipinski definition) is 1. The van der Waals surface area contributed by atoms with Gasteiger partial charge in [0.1, 0.15) is 5.82 Å². The van der Waals surface area contributed by atoms with Crippen molar-refractivity contribution >= 4 is 0 Å². The Morgan fingerprint density at radius 2 is 2.00 bits per heavy atom. The van der Waals surface area contributed by atoms with Crippen LogP contribution in [0.15, 0.2) is 30.6 Å². The van der Waals surface area contributed by atoms with Crippen LogP contribution < -0.4 is 5.32 Å². The highest BCUT2D eigenvalue weighted by atomic mass is 15.0. The molecule has 2 aromatic rings. The molecule has 0 fully saturated rings. The molecule has 0 aliphatic heterocycles. The molecule has 1 unspecified atom stereocenters. The van der Waals surface area contributed by atoms with Gasteiger partial charge in [0.25, 0.3) is 0 Å². The van der Waals surface area contributed by atoms with Gasteiger partial charge in [0.05, 0.1) is 11.7 Å². The first-order valence-corrected chi connectivity index (χ1v) is 7.19. The van der Waals surface area contributed by atoms with Crippen LogP contribution in [0.4, 0.5) is 0 Å². The third-order valence-corrected chi connectivity index (χ3v) is 3.31. The van der Waals surface area contributed by atoms with Crippen LogP contribution in [-0.2, 0) is 12.8 Å². The Hall–Kier alpha value is -1.81. The zero-order valence-electron chi connectivity index (χ0n) is 12.4. The molecule has 4 heteroatoms. The molecule has 20 heavy (non-hydrogen) atoms. The summed E-state index contributed by atoms with van der Waals surface area (Å²) in [7, 11) is 0. The van der Waals surface area contributed by atoms with Crippen LogP contribution in [0.5, 0.6) is 0 Å². The van der Waals surface area contributed by atoms with Gasteiger partial charge in [-0.25, -0.2) is 9.97 Å². The highest BCUT2D eigenvalue weighted by Crippen LogP contribution is 2.15. The first-order valence-electron chi connectivity index (χ1n) is 7.19. The van der Waals surface area contributed by atoms with Gasteiger partial charge < -0.3 is 5.32 Å². The number of rotatable bonds is 6. The molecule has 0 aliphatic rings. The van der Waals surface area contributed by atoms with Gasteiger partial charge in [-0.2, -0.15) is 0 Å². The number of aromatic nitrogens is 3. The predicted octanol–water partition coefficient (Wildman–Crippen LogP) is 2.64. The lowest BCUT2D eigenvalue weighted by Crippen LogP contribution is -2.24. The summed E-state index contributed by atoms with van der Waals surface area (Å²) < 4.78 is 0. The van der Waals surface area contributed by atoms with E-state index < -0.39 is 0 Å². The number of pyridine rings is 1. The normalized spacial score (nSPS) is 12.3. The van der Waals surface area contributed by atoms with Crippen molar-refractivity contribution in [2.24, 2.45) is 0 Å². The first kappa shape index (κ1) is 14.6. The maximum absolute atomic E-state index is 4.54. The molecule has 0 bridgehead atoms. The molecule has 106 valence electrons. The van der Waals surface area contributed by atoms with Crippen LogP contribution >= 0.6 is 0 Å². The Morgan fingerprint density at radius 3 is 2.60 bits per heavy atom. The van der Waals surface area contributed by atoms with E-state index in [0.29, 0.717) is 0 Å². The van der Waals surface area contributed by atoms with Crippen molar-refractivity contribution in [3.63, 3.8) is 0 Å². The van der Waals surface area contributed by atoms with Gasteiger partial charge in [-0.05, 0) is 37.6 Å². The second-order valence-corrected chi connectivity index (χ2v) is 4.85. The van der Waals surface area contributed by atoms with Crippen molar-refractivity contribution in [1.82, 2.24) is 20.3 Å². The second kappa shape index (κ2) is 7.10. The summed E-state index contributed by atoms with van der Waals surface area (Å²) in [5, 5.41) is 3.47. The highest BCUT2D eigenvalue weighted by Gasteiger charge is 2.13. The molecule has 2 heterocycles. The molecule has 0 spiro atoms. The summed E-state index contributed by atoms with van der Waals surface area (Å²) in [4.78, 5) is 13.2. The molecule has 0 saturated heterocycles. The summed E-state index contributed by atoms with van der Waals surface area (Å²) in [5.74, 6) is 0.805. The van der Waals surface area contributed by atoms with Gasteiger partial charge in [-0.3, -0.25) is 4.98 Å². The van der Waals surface area contributed by atoms with Crippen molar-refractivity contribution < 1.29 is 0 Å². The molecule has 4 nitrogen and oxygen atoms in total. The lowest BCUT2D eigenvalue weighted by atomic mass is 10.1. The highest BCUT2D eigenvalue weighted by molar-refractivity contribution is 5.17. The monoisotopic (exact) mass is 270 g/mol. The van der Waals surface area contributed by atoms with Crippen LogP contribution in [-0.4, -0.2) is 21.5 Å². The second-order valence-electron chi connectivity index (χ2n) is 4.85. The average molecular weight is 270 g/mol. The fourth-order valence-corrected chi connectivity index (χ4v) is 2.19. The molecular formula is C16H22N4. The molecule has 1 atom stereocenters. The minimum atomic E-state index is 0.182. The van der Waals surface area contributed by atoms with Crippen molar-refractivity contribution in [1.29, 1.82) is 0 Å². The minimum absolute atomic E-state index is 0.182. The third kappa shape index (κ3) is 3.84. The van der Waals surface area contributed by atoms with E-state index in [9.17, 15) is 0 Å². The molecule has 2 aromatic heterocycles. The summed E-state index contributed by atoms with van der Waals surface area (Å²) >= 11 is 0. The number of likely N-dealkylation sites (N-methyl/N-ethyl adjacent to an activating group) is 1. The minimum Gasteiger partial charge on any atom is -0.309 e. The maximum atomic E-state index is 4.54. The lowest BCUT2D eigenvalue weighted by Gasteiger charge is -2.17. The molecule has 0 radical (unpaired) electrons. The molecule has 0 aromatic carbocycles. The molecule has 1 N–H and O–H groups in total. The molecule has 0 aliphatic carbocycles. The van der Waals surface area contributed by atoms with E-state index in [1.54, 1.807) is 0 Å². The fraction of sp³-hybridized carbons (Fsp3) is 0.438. The molecule has 0 saturated carbocycles. The van der Waals surface area contributed by atoms with E-state index in [1.165, 1.54) is 5.56 Å². The van der Waals surface area contributed by atoms with Gasteiger partial charge in [-0.15, -0.1) is 0 Å². The van der Waals surface area contributed by atoms with Crippen molar-refractivity contribution in [3.8, 4) is 0 Å². The molecule has 0 amide bonds. The molecular weight excluding hydrogens is 248 g/mol. The van der Waals surface area contributed by atoms with Crippen molar-refractivity contribution in [2.75, 3.05) is 6.54 Å². The van der Waals surface area contributed by atoms with E-state index >= 15 is 0 Å². The fourth-order valence-electron chi connectivity index (χ4n) is 2.19. The van der Waals surface area contributed by atoms with Crippen LogP contribution in [0.2, 0.25) is 0 Å². The number of aryl methyl sites for hydroxylation is 2. The number of nitrogens with one attached hydrogen (secondary N) is 1. The van der Waals surface area contributed by atoms with Crippen LogP contribution in [0.3, 0.4) is 0 Å². The van der Waals surface area contributed by atoms with Gasteiger partial charge >= 0.3 is 0 Å². The smallest absolute Gasteiger partial charge is 0.125 e. The predicted molar refractivity (Wildman–Crippen MR) is 80.5 cm³/mol. The van der Waals surface area contributed by atoms with Gasteiger partial charge in [0, 0.05) is 24.5 Å². The first-order chi connectivity index (χ1) is 9.72. The van der Waals surface area contributed by atoms with Crippen LogP contribution in [0.25, 0.3) is 0 Å². The third-order valence-electron chi connectivity index (χ3n) is 3.31. The zero-order chi connectivity index (χ0) is 14.4. The topological polar surface area (TPSA) is 50.7 Å². The summed E-state index contributed by atoms with van der Waals surface area (Å²) in [6.45, 7) is 7.07. The van der Waals surface area contributed by atoms with E-state index in [-0.39, 0.29) is 6.04 Å². The lowest BCUT2D eigenvalue weighted by molar-refractivity contribution is 0.528. The summed E-state index contributed by atoms with van der Waals surface area (Å²) in [6.07, 6.45) is 5.64. The van der Waals surface area contributed by atoms with E-state index in [4.69, 9.17) is 0 Å². The van der Waals surface area contributed by atoms with Crippen molar-refractivity contribution in [2.45, 2.75) is 39.7 Å². The number of nitrogens with zero attached hydrogens (tertiary/aromatic N) is 3. The Morgan fingerprint density at radius 1 is 1.15 bits per heavy atom. The quantitative estimate of drug-likeness (QED) is 0.876. The summed E-state index contributed by atoms with van der Waals surface area (Å²) in [5.41, 5.74) is 3.39. The Balaban J connectivity index is 2.16. The Labute approximate surface area is 120 Å². The Kier molecular flexibility index (Phi) is 5.18. The summed E-state index contributed by atoms with van der Waals surface area (Å²) in [6, 6.07) is 6.41. The van der Waals surface area contributed by atoms with E-state index in [0.717, 1.165) is 36.6 Å². The van der Waals surface area contributed by atoms with Gasteiger partial charge in [0.2, 0.25) is 0 Å². The van der Waals surface area contributed by atoms with Crippen molar-refractivity contribution in [3.05, 3.63) is 53.4 Å². The van der Waals surface area contributed by atoms with Crippen LogP contribution in [0.1, 0.15) is 42.7 Å². The average Bonchev–Trinajstić information content (AvgIpc) is 2.47. The zero-order valence-corrected chi connectivity index (χ0v) is 12.4. The number of hydrogen-bond acceptors (Lipinski definition) is 4. The maximum Gasteiger partial charge on any atom is 0.125 e. The van der Waals surface area contributed by atoms with Gasteiger partial charge in [0.15, 0.2) is 0 Å². The van der Waals surface area contributed by atoms with Crippen LogP contribution in [0, 0.1) is 6.92 Å². The van der Waals surface area contributed by atoms with Gasteiger partial charge in [-0.1, -0.05) is 19.9 Å². The standard InChI is InChI=1S/C16H22N4/c1-4-13-6-7-14(19-11-13)10-16(17-5-2)15-8-9-18-12(3)20-15/h6-9,11,16-17H,4-5,10H2,1-3H3. The molecule has 2 rings (SSSR count). The van der Waals surface area contributed by atoms with E-state index in [1.807, 2.05) is 25.4 Å². The largest absolute Gasteiger partial charge is 0.309 e. The SMILES string of the molecule is CCNC(Cc1ccc(CC)cn1)c1ccnc(C)n1. The Bertz CT molecular complexity index is 536.